The minimum Gasteiger partial charge on any atom is -0.356 e. The minimum absolute atomic E-state index is 0.0275. The smallest absolute Gasteiger partial charge is 0.225 e. The highest BCUT2D eigenvalue weighted by molar-refractivity contribution is 5.80. The predicted octanol–water partition coefficient (Wildman–Crippen LogP) is 3.79. The summed E-state index contributed by atoms with van der Waals surface area (Å²) >= 11 is 0. The third kappa shape index (κ3) is 4.55. The Morgan fingerprint density at radius 1 is 1.07 bits per heavy atom. The van der Waals surface area contributed by atoms with E-state index in [0.29, 0.717) is 13.0 Å². The summed E-state index contributed by atoms with van der Waals surface area (Å²) in [7, 11) is 0. The molecule has 0 atom stereocenters. The lowest BCUT2D eigenvalue weighted by atomic mass is 9.90. The van der Waals surface area contributed by atoms with Gasteiger partial charge in [-0.2, -0.15) is 10.2 Å². The van der Waals surface area contributed by atoms with Gasteiger partial charge in [-0.1, -0.05) is 60.7 Å². The molecule has 2 aliphatic rings. The molecule has 0 bridgehead atoms. The maximum absolute atomic E-state index is 12.6. The molecule has 5 nitrogen and oxygen atoms in total. The van der Waals surface area contributed by atoms with E-state index < -0.39 is 0 Å². The van der Waals surface area contributed by atoms with Gasteiger partial charge in [0.05, 0.1) is 12.0 Å². The number of amides is 1. The number of likely N-dealkylation sites (tertiary alicyclic amines) is 1. The molecular formula is C24H26N4O. The molecule has 0 radical (unpaired) electrons. The summed E-state index contributed by atoms with van der Waals surface area (Å²) in [6, 6.07) is 21.1. The zero-order chi connectivity index (χ0) is 20.1. The van der Waals surface area contributed by atoms with Crippen molar-refractivity contribution in [3.05, 3.63) is 71.8 Å². The van der Waals surface area contributed by atoms with Crippen LogP contribution >= 0.6 is 0 Å². The lowest BCUT2D eigenvalue weighted by Gasteiger charge is -2.44. The van der Waals surface area contributed by atoms with Crippen LogP contribution in [-0.4, -0.2) is 36.1 Å². The van der Waals surface area contributed by atoms with Gasteiger partial charge in [0.15, 0.2) is 5.66 Å². The Balaban J connectivity index is 1.30. The van der Waals surface area contributed by atoms with Crippen LogP contribution < -0.4 is 5.32 Å². The highest BCUT2D eigenvalue weighted by Crippen LogP contribution is 2.36. The molecule has 29 heavy (non-hydrogen) atoms. The second-order valence-corrected chi connectivity index (χ2v) is 7.80. The van der Waals surface area contributed by atoms with Crippen LogP contribution in [0.2, 0.25) is 0 Å². The molecule has 2 heterocycles. The Morgan fingerprint density at radius 3 is 2.17 bits per heavy atom. The van der Waals surface area contributed by atoms with E-state index in [0.717, 1.165) is 25.9 Å². The van der Waals surface area contributed by atoms with Crippen molar-refractivity contribution >= 4 is 5.91 Å². The van der Waals surface area contributed by atoms with Crippen LogP contribution in [0.5, 0.6) is 0 Å². The number of terminal acetylenes is 1. The molecule has 1 N–H and O–H groups in total. The third-order valence-corrected chi connectivity index (χ3v) is 5.75. The average Bonchev–Trinajstić information content (AvgIpc) is 3.50. The number of rotatable bonds is 9. The number of hydrogen-bond acceptors (Lipinski definition) is 4. The monoisotopic (exact) mass is 386 g/mol. The second kappa shape index (κ2) is 8.59. The zero-order valence-electron chi connectivity index (χ0n) is 16.5. The second-order valence-electron chi connectivity index (χ2n) is 7.80. The van der Waals surface area contributed by atoms with E-state index >= 15 is 0 Å². The molecule has 2 aliphatic heterocycles. The first kappa shape index (κ1) is 19.4. The van der Waals surface area contributed by atoms with Crippen LogP contribution in [0.15, 0.2) is 70.9 Å². The fraction of sp³-hybridized carbons (Fsp3) is 0.375. The van der Waals surface area contributed by atoms with E-state index in [1.807, 2.05) is 12.1 Å². The SMILES string of the molecule is C#CCCC1(CCNC(=O)C2CN(C(c3ccccc3)c3ccccc3)C2)N=N1. The molecule has 0 spiro atoms. The van der Waals surface area contributed by atoms with Gasteiger partial charge in [-0.15, -0.1) is 12.3 Å². The first-order valence-corrected chi connectivity index (χ1v) is 10.2. The molecule has 1 fully saturated rings. The largest absolute Gasteiger partial charge is 0.356 e. The number of carbonyl (C=O) groups excluding carboxylic acids is 1. The van der Waals surface area contributed by atoms with E-state index in [4.69, 9.17) is 6.42 Å². The fourth-order valence-corrected chi connectivity index (χ4v) is 3.97. The van der Waals surface area contributed by atoms with Crippen molar-refractivity contribution in [3.8, 4) is 12.3 Å². The minimum atomic E-state index is -0.336. The van der Waals surface area contributed by atoms with Gasteiger partial charge in [-0.25, -0.2) is 0 Å². The highest BCUT2D eigenvalue weighted by Gasteiger charge is 2.40. The number of benzene rings is 2. The molecule has 1 saturated heterocycles. The first-order valence-electron chi connectivity index (χ1n) is 10.2. The van der Waals surface area contributed by atoms with E-state index in [1.54, 1.807) is 0 Å². The molecule has 0 aliphatic carbocycles. The van der Waals surface area contributed by atoms with Crippen LogP contribution in [0.4, 0.5) is 0 Å². The molecule has 0 aromatic heterocycles. The molecule has 5 heteroatoms. The van der Waals surface area contributed by atoms with Crippen molar-refractivity contribution in [3.63, 3.8) is 0 Å². The molecule has 1 amide bonds. The lowest BCUT2D eigenvalue weighted by molar-refractivity contribution is -0.131. The van der Waals surface area contributed by atoms with Gasteiger partial charge in [0, 0.05) is 38.9 Å². The van der Waals surface area contributed by atoms with Crippen LogP contribution in [0.3, 0.4) is 0 Å². The quantitative estimate of drug-likeness (QED) is 0.667. The Morgan fingerprint density at radius 2 is 1.66 bits per heavy atom. The van der Waals surface area contributed by atoms with E-state index in [9.17, 15) is 4.79 Å². The topological polar surface area (TPSA) is 57.1 Å². The van der Waals surface area contributed by atoms with Crippen molar-refractivity contribution in [2.45, 2.75) is 31.0 Å². The highest BCUT2D eigenvalue weighted by atomic mass is 16.2. The van der Waals surface area contributed by atoms with Crippen molar-refractivity contribution in [1.82, 2.24) is 10.2 Å². The van der Waals surface area contributed by atoms with Crippen molar-refractivity contribution in [2.75, 3.05) is 19.6 Å². The molecule has 2 aromatic rings. The summed E-state index contributed by atoms with van der Waals surface area (Å²) < 4.78 is 0. The first-order chi connectivity index (χ1) is 14.2. The number of hydrogen-bond donors (Lipinski definition) is 1. The van der Waals surface area contributed by atoms with Crippen molar-refractivity contribution < 1.29 is 4.79 Å². The molecule has 2 aromatic carbocycles. The third-order valence-electron chi connectivity index (χ3n) is 5.75. The van der Waals surface area contributed by atoms with Gasteiger partial charge in [0.25, 0.3) is 0 Å². The Kier molecular flexibility index (Phi) is 5.73. The van der Waals surface area contributed by atoms with Gasteiger partial charge in [-0.05, 0) is 11.1 Å². The molecular weight excluding hydrogens is 360 g/mol. The number of nitrogens with one attached hydrogen (secondary N) is 1. The van der Waals surface area contributed by atoms with Gasteiger partial charge in [0.1, 0.15) is 0 Å². The molecule has 4 rings (SSSR count). The number of nitrogens with zero attached hydrogens (tertiary/aromatic N) is 3. The Bertz CT molecular complexity index is 852. The summed E-state index contributed by atoms with van der Waals surface area (Å²) in [4.78, 5) is 14.9. The van der Waals surface area contributed by atoms with Crippen LogP contribution in [-0.2, 0) is 4.79 Å². The zero-order valence-corrected chi connectivity index (χ0v) is 16.5. The van der Waals surface area contributed by atoms with Gasteiger partial charge in [-0.3, -0.25) is 9.69 Å². The normalized spacial score (nSPS) is 17.5. The van der Waals surface area contributed by atoms with E-state index in [2.05, 4.69) is 74.9 Å². The fourth-order valence-electron chi connectivity index (χ4n) is 3.97. The van der Waals surface area contributed by atoms with Crippen LogP contribution in [0, 0.1) is 18.3 Å². The summed E-state index contributed by atoms with van der Waals surface area (Å²) in [5.74, 6) is 2.78. The summed E-state index contributed by atoms with van der Waals surface area (Å²) in [6.45, 7) is 2.11. The van der Waals surface area contributed by atoms with Gasteiger partial charge < -0.3 is 5.32 Å². The average molecular weight is 386 g/mol. The number of carbonyl (C=O) groups is 1. The van der Waals surface area contributed by atoms with E-state index in [1.165, 1.54) is 11.1 Å². The summed E-state index contributed by atoms with van der Waals surface area (Å²) in [5, 5.41) is 11.3. The van der Waals surface area contributed by atoms with Crippen LogP contribution in [0.1, 0.15) is 36.4 Å². The Labute approximate surface area is 172 Å². The van der Waals surface area contributed by atoms with Gasteiger partial charge >= 0.3 is 0 Å². The maximum Gasteiger partial charge on any atom is 0.225 e. The summed E-state index contributed by atoms with van der Waals surface area (Å²) in [5.41, 5.74) is 2.17. The predicted molar refractivity (Wildman–Crippen MR) is 113 cm³/mol. The van der Waals surface area contributed by atoms with Gasteiger partial charge in [0.2, 0.25) is 5.91 Å². The summed E-state index contributed by atoms with van der Waals surface area (Å²) in [6.07, 6.45) is 7.48. The lowest BCUT2D eigenvalue weighted by Crippen LogP contribution is -2.55. The van der Waals surface area contributed by atoms with Crippen molar-refractivity contribution in [2.24, 2.45) is 16.1 Å². The standard InChI is InChI=1S/C24H26N4O/c1-2-3-14-24(26-27-24)15-16-25-23(29)21-17-28(18-21)22(19-10-6-4-7-11-19)20-12-8-5-9-13-20/h1,4-13,21-22H,3,14-18H2,(H,25,29). The molecule has 148 valence electrons. The molecule has 0 unspecified atom stereocenters. The van der Waals surface area contributed by atoms with Crippen LogP contribution in [0.25, 0.3) is 0 Å². The van der Waals surface area contributed by atoms with E-state index in [-0.39, 0.29) is 23.5 Å². The maximum atomic E-state index is 12.6. The molecule has 0 saturated carbocycles. The van der Waals surface area contributed by atoms with Crippen molar-refractivity contribution in [1.29, 1.82) is 0 Å². The Hall–Kier alpha value is -2.97.